The number of fused-ring (bicyclic) bond motifs is 3. The van der Waals surface area contributed by atoms with Gasteiger partial charge < -0.3 is 9.64 Å². The van der Waals surface area contributed by atoms with Crippen LogP contribution in [0, 0.1) is 0 Å². The van der Waals surface area contributed by atoms with Crippen LogP contribution in [0.2, 0.25) is 0 Å². The number of hydrogen-bond donors (Lipinski definition) is 0. The Balaban J connectivity index is 1.75. The molecule has 6 heteroatoms. The van der Waals surface area contributed by atoms with Crippen LogP contribution in [0.3, 0.4) is 0 Å². The molecule has 0 N–H and O–H groups in total. The van der Waals surface area contributed by atoms with Crippen LogP contribution in [-0.4, -0.2) is 49.4 Å². The monoisotopic (exact) mass is 387 g/mol. The van der Waals surface area contributed by atoms with Gasteiger partial charge in [-0.15, -0.1) is 0 Å². The van der Waals surface area contributed by atoms with E-state index in [1.165, 1.54) is 6.26 Å². The van der Waals surface area contributed by atoms with Crippen molar-refractivity contribution in [3.05, 3.63) is 42.0 Å². The minimum atomic E-state index is -3.08. The SMILES string of the molecule is CCOc1ccc2ccccc2c1C(=O)N1C2CCC1CC(S(C)(=O)=O)C2. The Bertz CT molecular complexity index is 971. The average molecular weight is 388 g/mol. The minimum absolute atomic E-state index is 0.00980. The summed E-state index contributed by atoms with van der Waals surface area (Å²) in [5.41, 5.74) is 0.602. The van der Waals surface area contributed by atoms with E-state index in [9.17, 15) is 13.2 Å². The van der Waals surface area contributed by atoms with Crippen molar-refractivity contribution in [3.63, 3.8) is 0 Å². The van der Waals surface area contributed by atoms with E-state index < -0.39 is 9.84 Å². The van der Waals surface area contributed by atoms with E-state index in [0.29, 0.717) is 30.8 Å². The number of hydrogen-bond acceptors (Lipinski definition) is 4. The predicted molar refractivity (Wildman–Crippen MR) is 106 cm³/mol. The number of nitrogens with zero attached hydrogens (tertiary/aromatic N) is 1. The van der Waals surface area contributed by atoms with E-state index in [0.717, 1.165) is 23.6 Å². The van der Waals surface area contributed by atoms with Gasteiger partial charge in [0.05, 0.1) is 17.4 Å². The van der Waals surface area contributed by atoms with Crippen LogP contribution < -0.4 is 4.74 Å². The predicted octanol–water partition coefficient (Wildman–Crippen LogP) is 3.42. The number of amides is 1. The van der Waals surface area contributed by atoms with Gasteiger partial charge in [-0.1, -0.05) is 30.3 Å². The average Bonchev–Trinajstić information content (AvgIpc) is 2.89. The van der Waals surface area contributed by atoms with Gasteiger partial charge in [0.1, 0.15) is 15.6 Å². The topological polar surface area (TPSA) is 63.7 Å². The number of carbonyl (C=O) groups is 1. The smallest absolute Gasteiger partial charge is 0.258 e. The molecular weight excluding hydrogens is 362 g/mol. The van der Waals surface area contributed by atoms with Crippen LogP contribution in [-0.2, 0) is 9.84 Å². The van der Waals surface area contributed by atoms with Crippen LogP contribution in [0.25, 0.3) is 10.8 Å². The molecule has 2 heterocycles. The first kappa shape index (κ1) is 18.3. The Kier molecular flexibility index (Phi) is 4.62. The number of rotatable bonds is 4. The first-order chi connectivity index (χ1) is 12.9. The largest absolute Gasteiger partial charge is 0.493 e. The lowest BCUT2D eigenvalue weighted by atomic mass is 9.97. The molecule has 0 aromatic heterocycles. The van der Waals surface area contributed by atoms with Crippen LogP contribution in [0.1, 0.15) is 43.0 Å². The van der Waals surface area contributed by atoms with Crippen molar-refractivity contribution in [2.45, 2.75) is 49.9 Å². The molecule has 2 aliphatic heterocycles. The Morgan fingerprint density at radius 2 is 1.78 bits per heavy atom. The highest BCUT2D eigenvalue weighted by molar-refractivity contribution is 7.91. The molecule has 2 fully saturated rings. The summed E-state index contributed by atoms with van der Waals surface area (Å²) < 4.78 is 29.9. The highest BCUT2D eigenvalue weighted by Crippen LogP contribution is 2.41. The first-order valence-electron chi connectivity index (χ1n) is 9.56. The fourth-order valence-corrected chi connectivity index (χ4v) is 5.83. The van der Waals surface area contributed by atoms with Gasteiger partial charge in [-0.25, -0.2) is 8.42 Å². The van der Waals surface area contributed by atoms with Gasteiger partial charge in [0.15, 0.2) is 0 Å². The quantitative estimate of drug-likeness (QED) is 0.806. The van der Waals surface area contributed by atoms with Gasteiger partial charge in [0.25, 0.3) is 5.91 Å². The summed E-state index contributed by atoms with van der Waals surface area (Å²) in [6, 6.07) is 11.7. The molecule has 2 aliphatic rings. The molecule has 0 radical (unpaired) electrons. The van der Waals surface area contributed by atoms with E-state index in [-0.39, 0.29) is 23.2 Å². The van der Waals surface area contributed by atoms with Crippen LogP contribution in [0.4, 0.5) is 0 Å². The third-order valence-electron chi connectivity index (χ3n) is 5.93. The highest BCUT2D eigenvalue weighted by atomic mass is 32.2. The molecule has 2 saturated heterocycles. The van der Waals surface area contributed by atoms with Crippen molar-refractivity contribution in [2.75, 3.05) is 12.9 Å². The molecule has 27 heavy (non-hydrogen) atoms. The van der Waals surface area contributed by atoms with Crippen LogP contribution >= 0.6 is 0 Å². The molecule has 2 aromatic rings. The number of ether oxygens (including phenoxy) is 1. The normalized spacial score (nSPS) is 25.0. The zero-order valence-electron chi connectivity index (χ0n) is 15.7. The van der Waals surface area contributed by atoms with Gasteiger partial charge in [-0.05, 0) is 49.4 Å². The van der Waals surface area contributed by atoms with Gasteiger partial charge in [0.2, 0.25) is 0 Å². The van der Waals surface area contributed by atoms with E-state index in [1.54, 1.807) is 0 Å². The van der Waals surface area contributed by atoms with Gasteiger partial charge in [0, 0.05) is 18.3 Å². The molecule has 1 amide bonds. The summed E-state index contributed by atoms with van der Waals surface area (Å²) in [6.45, 7) is 2.40. The number of carbonyl (C=O) groups excluding carboxylic acids is 1. The second kappa shape index (κ2) is 6.82. The summed E-state index contributed by atoms with van der Waals surface area (Å²) in [5.74, 6) is 0.570. The van der Waals surface area contributed by atoms with Crippen molar-refractivity contribution in [3.8, 4) is 5.75 Å². The minimum Gasteiger partial charge on any atom is -0.493 e. The number of piperidine rings is 1. The fraction of sp³-hybridized carbons (Fsp3) is 0.476. The summed E-state index contributed by atoms with van der Waals surface area (Å²) in [6.07, 6.45) is 4.13. The second-order valence-electron chi connectivity index (χ2n) is 7.61. The van der Waals surface area contributed by atoms with E-state index in [2.05, 4.69) is 0 Å². The number of sulfone groups is 1. The molecule has 2 aromatic carbocycles. The first-order valence-corrected chi connectivity index (χ1v) is 11.5. The summed E-state index contributed by atoms with van der Waals surface area (Å²) >= 11 is 0. The van der Waals surface area contributed by atoms with Gasteiger partial charge >= 0.3 is 0 Å². The maximum Gasteiger partial charge on any atom is 0.258 e. The van der Waals surface area contributed by atoms with Crippen molar-refractivity contribution < 1.29 is 17.9 Å². The van der Waals surface area contributed by atoms with Crippen molar-refractivity contribution in [1.82, 2.24) is 4.90 Å². The summed E-state index contributed by atoms with van der Waals surface area (Å²) in [7, 11) is -3.08. The molecule has 2 bridgehead atoms. The molecule has 4 rings (SSSR count). The highest BCUT2D eigenvalue weighted by Gasteiger charge is 2.46. The van der Waals surface area contributed by atoms with Gasteiger partial charge in [-0.3, -0.25) is 4.79 Å². The molecule has 0 spiro atoms. The Labute approximate surface area is 160 Å². The zero-order valence-corrected chi connectivity index (χ0v) is 16.5. The Hall–Kier alpha value is -2.08. The number of benzene rings is 2. The molecule has 0 saturated carbocycles. The van der Waals surface area contributed by atoms with Crippen molar-refractivity contribution in [2.24, 2.45) is 0 Å². The summed E-state index contributed by atoms with van der Waals surface area (Å²) in [5, 5.41) is 1.55. The molecule has 0 aliphatic carbocycles. The van der Waals surface area contributed by atoms with Crippen molar-refractivity contribution >= 4 is 26.5 Å². The lowest BCUT2D eigenvalue weighted by molar-refractivity contribution is 0.0596. The Morgan fingerprint density at radius 1 is 1.11 bits per heavy atom. The molecule has 144 valence electrons. The Morgan fingerprint density at radius 3 is 2.41 bits per heavy atom. The second-order valence-corrected chi connectivity index (χ2v) is 9.94. The van der Waals surface area contributed by atoms with E-state index >= 15 is 0 Å². The van der Waals surface area contributed by atoms with Crippen molar-refractivity contribution in [1.29, 1.82) is 0 Å². The molecular formula is C21H25NO4S. The van der Waals surface area contributed by atoms with Gasteiger partial charge in [-0.2, -0.15) is 0 Å². The maximum absolute atomic E-state index is 13.6. The maximum atomic E-state index is 13.6. The third kappa shape index (κ3) is 3.20. The molecule has 2 atom stereocenters. The molecule has 5 nitrogen and oxygen atoms in total. The van der Waals surface area contributed by atoms with E-state index in [4.69, 9.17) is 4.74 Å². The lowest BCUT2D eigenvalue weighted by Crippen LogP contribution is -2.49. The van der Waals surface area contributed by atoms with Crippen LogP contribution in [0.5, 0.6) is 5.75 Å². The lowest BCUT2D eigenvalue weighted by Gasteiger charge is -2.38. The fourth-order valence-electron chi connectivity index (χ4n) is 4.69. The third-order valence-corrected chi connectivity index (χ3v) is 7.53. The molecule has 2 unspecified atom stereocenters. The zero-order chi connectivity index (χ0) is 19.2. The standard InChI is InChI=1S/C21H25NO4S/c1-3-26-19-11-8-14-6-4-5-7-18(14)20(19)21(23)22-15-9-10-16(22)13-17(12-15)27(2,24)25/h4-8,11,15-17H,3,9-10,12-13H2,1-2H3. The summed E-state index contributed by atoms with van der Waals surface area (Å²) in [4.78, 5) is 15.6. The van der Waals surface area contributed by atoms with E-state index in [1.807, 2.05) is 48.2 Å². The van der Waals surface area contributed by atoms with Crippen LogP contribution in [0.15, 0.2) is 36.4 Å².